The number of para-hydroxylation sites is 2. The monoisotopic (exact) mass is 258 g/mol. The predicted octanol–water partition coefficient (Wildman–Crippen LogP) is 2.52. The molecule has 1 aromatic heterocycles. The third kappa shape index (κ3) is 3.67. The molecule has 0 atom stereocenters. The van der Waals surface area contributed by atoms with E-state index in [4.69, 9.17) is 4.74 Å². The number of carbonyl (C=O) groups is 1. The first-order valence-corrected chi connectivity index (χ1v) is 5.86. The summed E-state index contributed by atoms with van der Waals surface area (Å²) in [7, 11) is 0. The highest BCUT2D eigenvalue weighted by molar-refractivity contribution is 5.99. The molecule has 2 aromatic rings. The number of rotatable bonds is 4. The summed E-state index contributed by atoms with van der Waals surface area (Å²) in [6, 6.07) is 8.46. The van der Waals surface area contributed by atoms with Crippen molar-refractivity contribution in [1.82, 2.24) is 9.97 Å². The van der Waals surface area contributed by atoms with Gasteiger partial charge < -0.3 is 10.1 Å². The van der Waals surface area contributed by atoms with Crippen LogP contribution in [-0.4, -0.2) is 22.6 Å². The third-order valence-electron chi connectivity index (χ3n) is 2.23. The van der Waals surface area contributed by atoms with Crippen molar-refractivity contribution in [2.24, 2.45) is 0 Å². The van der Waals surface area contributed by atoms with Gasteiger partial charge in [-0.05, 0) is 25.1 Å². The molecule has 0 unspecified atom stereocenters. The van der Waals surface area contributed by atoms with Gasteiger partial charge in [-0.25, -0.2) is 14.8 Å². The zero-order chi connectivity index (χ0) is 13.5. The number of aromatic nitrogens is 2. The molecular weight excluding hydrogens is 244 g/mol. The minimum absolute atomic E-state index is 0.244. The van der Waals surface area contributed by atoms with Crippen molar-refractivity contribution in [3.8, 4) is 5.75 Å². The quantitative estimate of drug-likeness (QED) is 0.883. The summed E-state index contributed by atoms with van der Waals surface area (Å²) in [6.45, 7) is 2.41. The number of hydrogen-bond acceptors (Lipinski definition) is 4. The van der Waals surface area contributed by atoms with Crippen molar-refractivity contribution in [2.75, 3.05) is 17.2 Å². The molecule has 0 bridgehead atoms. The Balaban J connectivity index is 2.03. The normalized spacial score (nSPS) is 9.74. The lowest BCUT2D eigenvalue weighted by atomic mass is 10.3. The van der Waals surface area contributed by atoms with Crippen molar-refractivity contribution in [2.45, 2.75) is 6.92 Å². The van der Waals surface area contributed by atoms with Gasteiger partial charge in [0.1, 0.15) is 5.75 Å². The second-order valence-corrected chi connectivity index (χ2v) is 3.58. The maximum absolute atomic E-state index is 11.8. The Morgan fingerprint density at radius 2 is 1.89 bits per heavy atom. The van der Waals surface area contributed by atoms with Gasteiger partial charge in [-0.15, -0.1) is 0 Å². The van der Waals surface area contributed by atoms with Crippen LogP contribution in [0, 0.1) is 0 Å². The highest BCUT2D eigenvalue weighted by Gasteiger charge is 2.07. The Labute approximate surface area is 110 Å². The van der Waals surface area contributed by atoms with Gasteiger partial charge in [0.2, 0.25) is 5.95 Å². The van der Waals surface area contributed by atoms with Crippen LogP contribution in [0.2, 0.25) is 0 Å². The van der Waals surface area contributed by atoms with E-state index in [1.165, 1.54) is 0 Å². The molecule has 2 amide bonds. The van der Waals surface area contributed by atoms with E-state index in [2.05, 4.69) is 20.6 Å². The van der Waals surface area contributed by atoms with Crippen molar-refractivity contribution in [3.05, 3.63) is 42.7 Å². The summed E-state index contributed by atoms with van der Waals surface area (Å²) in [5.74, 6) is 0.864. The van der Waals surface area contributed by atoms with Crippen LogP contribution in [0.5, 0.6) is 5.75 Å². The molecular formula is C13H14N4O2. The van der Waals surface area contributed by atoms with Gasteiger partial charge in [0.25, 0.3) is 0 Å². The third-order valence-corrected chi connectivity index (χ3v) is 2.23. The van der Waals surface area contributed by atoms with E-state index in [0.29, 0.717) is 18.0 Å². The maximum atomic E-state index is 11.8. The van der Waals surface area contributed by atoms with Crippen molar-refractivity contribution in [1.29, 1.82) is 0 Å². The van der Waals surface area contributed by atoms with Crippen molar-refractivity contribution < 1.29 is 9.53 Å². The van der Waals surface area contributed by atoms with E-state index in [1.54, 1.807) is 30.6 Å². The van der Waals surface area contributed by atoms with Crippen LogP contribution >= 0.6 is 0 Å². The molecule has 0 fully saturated rings. The van der Waals surface area contributed by atoms with Crippen LogP contribution < -0.4 is 15.4 Å². The minimum Gasteiger partial charge on any atom is -0.492 e. The molecule has 0 radical (unpaired) electrons. The van der Waals surface area contributed by atoms with Gasteiger partial charge in [-0.2, -0.15) is 0 Å². The lowest BCUT2D eigenvalue weighted by Crippen LogP contribution is -2.21. The molecule has 0 aliphatic carbocycles. The number of amides is 2. The van der Waals surface area contributed by atoms with Crippen LogP contribution in [0.25, 0.3) is 0 Å². The molecule has 0 aliphatic heterocycles. The van der Waals surface area contributed by atoms with E-state index in [0.717, 1.165) is 0 Å². The summed E-state index contributed by atoms with van der Waals surface area (Å²) in [6.07, 6.45) is 3.10. The fourth-order valence-corrected chi connectivity index (χ4v) is 1.47. The number of urea groups is 1. The number of nitrogens with zero attached hydrogens (tertiary/aromatic N) is 2. The Bertz CT molecular complexity index is 545. The second-order valence-electron chi connectivity index (χ2n) is 3.58. The number of hydrogen-bond donors (Lipinski definition) is 2. The zero-order valence-corrected chi connectivity index (χ0v) is 10.5. The molecule has 0 aliphatic rings. The molecule has 1 aromatic carbocycles. The number of anilines is 2. The topological polar surface area (TPSA) is 76.1 Å². The van der Waals surface area contributed by atoms with Crippen molar-refractivity contribution >= 4 is 17.7 Å². The first kappa shape index (κ1) is 12.8. The Kier molecular flexibility index (Phi) is 4.28. The number of benzene rings is 1. The molecule has 2 rings (SSSR count). The smallest absolute Gasteiger partial charge is 0.326 e. The molecule has 0 spiro atoms. The van der Waals surface area contributed by atoms with Crippen LogP contribution in [0.1, 0.15) is 6.92 Å². The highest BCUT2D eigenvalue weighted by Crippen LogP contribution is 2.23. The molecule has 2 N–H and O–H groups in total. The first-order chi connectivity index (χ1) is 9.29. The summed E-state index contributed by atoms with van der Waals surface area (Å²) in [5.41, 5.74) is 0.595. The van der Waals surface area contributed by atoms with Gasteiger partial charge in [0, 0.05) is 12.4 Å². The van der Waals surface area contributed by atoms with Gasteiger partial charge in [0.15, 0.2) is 0 Å². The minimum atomic E-state index is -0.418. The van der Waals surface area contributed by atoms with Crippen molar-refractivity contribution in [3.63, 3.8) is 0 Å². The highest BCUT2D eigenvalue weighted by atomic mass is 16.5. The molecule has 19 heavy (non-hydrogen) atoms. The van der Waals surface area contributed by atoms with Crippen LogP contribution in [0.15, 0.2) is 42.7 Å². The summed E-state index contributed by atoms with van der Waals surface area (Å²) >= 11 is 0. The summed E-state index contributed by atoms with van der Waals surface area (Å²) < 4.78 is 5.41. The van der Waals surface area contributed by atoms with Gasteiger partial charge in [0.05, 0.1) is 12.3 Å². The number of ether oxygens (including phenoxy) is 1. The van der Waals surface area contributed by atoms with E-state index in [-0.39, 0.29) is 5.95 Å². The molecule has 6 heteroatoms. The second kappa shape index (κ2) is 6.34. The Morgan fingerprint density at radius 3 is 2.63 bits per heavy atom. The van der Waals surface area contributed by atoms with Gasteiger partial charge in [-0.3, -0.25) is 5.32 Å². The Hall–Kier alpha value is -2.63. The Morgan fingerprint density at radius 1 is 1.16 bits per heavy atom. The molecule has 6 nitrogen and oxygen atoms in total. The predicted molar refractivity (Wildman–Crippen MR) is 72.3 cm³/mol. The summed E-state index contributed by atoms with van der Waals surface area (Å²) in [5, 5.41) is 5.22. The zero-order valence-electron chi connectivity index (χ0n) is 10.5. The molecule has 98 valence electrons. The van der Waals surface area contributed by atoms with Crippen LogP contribution in [0.4, 0.5) is 16.4 Å². The van der Waals surface area contributed by atoms with E-state index >= 15 is 0 Å². The standard InChI is InChI=1S/C13H14N4O2/c1-2-19-11-7-4-3-6-10(11)16-13(18)17-12-14-8-5-9-15-12/h3-9H,2H2,1H3,(H2,14,15,16,17,18). The summed E-state index contributed by atoms with van der Waals surface area (Å²) in [4.78, 5) is 19.6. The molecule has 0 saturated heterocycles. The lowest BCUT2D eigenvalue weighted by molar-refractivity contribution is 0.261. The van der Waals surface area contributed by atoms with Crippen LogP contribution in [0.3, 0.4) is 0 Å². The van der Waals surface area contributed by atoms with Gasteiger partial charge >= 0.3 is 6.03 Å². The fourth-order valence-electron chi connectivity index (χ4n) is 1.47. The maximum Gasteiger partial charge on any atom is 0.326 e. The molecule has 1 heterocycles. The van der Waals surface area contributed by atoms with E-state index < -0.39 is 6.03 Å². The average molecular weight is 258 g/mol. The fraction of sp³-hybridized carbons (Fsp3) is 0.154. The number of carbonyl (C=O) groups excluding carboxylic acids is 1. The van der Waals surface area contributed by atoms with Gasteiger partial charge in [-0.1, -0.05) is 12.1 Å². The SMILES string of the molecule is CCOc1ccccc1NC(=O)Nc1ncccn1. The average Bonchev–Trinajstić information content (AvgIpc) is 2.42. The lowest BCUT2D eigenvalue weighted by Gasteiger charge is -2.11. The molecule has 0 saturated carbocycles. The van der Waals surface area contributed by atoms with E-state index in [1.807, 2.05) is 19.1 Å². The van der Waals surface area contributed by atoms with E-state index in [9.17, 15) is 4.79 Å². The van der Waals surface area contributed by atoms with Crippen LogP contribution in [-0.2, 0) is 0 Å². The number of nitrogens with one attached hydrogen (secondary N) is 2. The first-order valence-electron chi connectivity index (χ1n) is 5.86. The largest absolute Gasteiger partial charge is 0.492 e.